The molecule has 25 heavy (non-hydrogen) atoms. The van der Waals surface area contributed by atoms with Crippen molar-refractivity contribution in [3.05, 3.63) is 36.4 Å². The maximum Gasteiger partial charge on any atom is 0.195 e. The van der Waals surface area contributed by atoms with Crippen molar-refractivity contribution < 1.29 is 4.42 Å². The van der Waals surface area contributed by atoms with Crippen molar-refractivity contribution in [1.29, 1.82) is 0 Å². The largest absolute Gasteiger partial charge is 0.461 e. The summed E-state index contributed by atoms with van der Waals surface area (Å²) >= 11 is 0. The standard InChI is InChI=1S/C20H26N4O/c1-2-19(25-7-1)20-21-8-17(9-22-20)11-23-10-16-5-6-18(14-23)24(13-16)12-15-3-4-15/h1-2,7-9,15-16,18H,3-6,10-14H2/t16-,18+/m1/s1. The monoisotopic (exact) mass is 338 g/mol. The number of hydrogen-bond acceptors (Lipinski definition) is 5. The van der Waals surface area contributed by atoms with E-state index in [1.807, 2.05) is 24.5 Å². The maximum absolute atomic E-state index is 5.37. The second kappa shape index (κ2) is 6.54. The Labute approximate surface area is 149 Å². The van der Waals surface area contributed by atoms with Crippen LogP contribution in [0.15, 0.2) is 35.2 Å². The molecule has 4 fully saturated rings. The van der Waals surface area contributed by atoms with E-state index >= 15 is 0 Å². The molecule has 0 spiro atoms. The third-order valence-corrected chi connectivity index (χ3v) is 5.95. The Morgan fingerprint density at radius 1 is 1.04 bits per heavy atom. The molecule has 5 heteroatoms. The summed E-state index contributed by atoms with van der Waals surface area (Å²) in [7, 11) is 0. The van der Waals surface area contributed by atoms with Crippen molar-refractivity contribution in [2.45, 2.75) is 38.3 Å². The second-order valence-corrected chi connectivity index (χ2v) is 8.08. The maximum atomic E-state index is 5.37. The molecule has 3 aliphatic heterocycles. The van der Waals surface area contributed by atoms with E-state index in [1.165, 1.54) is 57.4 Å². The minimum Gasteiger partial charge on any atom is -0.461 e. The van der Waals surface area contributed by atoms with Crippen LogP contribution in [0.3, 0.4) is 0 Å². The summed E-state index contributed by atoms with van der Waals surface area (Å²) < 4.78 is 5.37. The van der Waals surface area contributed by atoms with Gasteiger partial charge < -0.3 is 4.42 Å². The van der Waals surface area contributed by atoms with E-state index in [4.69, 9.17) is 4.42 Å². The molecule has 0 unspecified atom stereocenters. The van der Waals surface area contributed by atoms with Gasteiger partial charge in [0.1, 0.15) is 0 Å². The number of aromatic nitrogens is 2. The first-order valence-corrected chi connectivity index (χ1v) is 9.65. The molecular formula is C20H26N4O. The molecule has 2 bridgehead atoms. The van der Waals surface area contributed by atoms with Crippen LogP contribution in [0.5, 0.6) is 0 Å². The predicted octanol–water partition coefficient (Wildman–Crippen LogP) is 3.04. The average Bonchev–Trinajstić information content (AvgIpc) is 3.35. The van der Waals surface area contributed by atoms with Crippen molar-refractivity contribution in [1.82, 2.24) is 19.8 Å². The van der Waals surface area contributed by atoms with Gasteiger partial charge in [-0.15, -0.1) is 0 Å². The Kier molecular flexibility index (Phi) is 4.06. The Hall–Kier alpha value is -1.72. The van der Waals surface area contributed by atoms with Crippen LogP contribution in [-0.2, 0) is 6.54 Å². The van der Waals surface area contributed by atoms with Crippen molar-refractivity contribution in [3.63, 3.8) is 0 Å². The first kappa shape index (κ1) is 15.5. The van der Waals surface area contributed by atoms with Crippen molar-refractivity contribution in [2.24, 2.45) is 11.8 Å². The lowest BCUT2D eigenvalue weighted by Gasteiger charge is -2.36. The SMILES string of the molecule is c1coc(-c2ncc(CN3C[C@H]4CC[C@@H](C3)N(CC3CC3)C4)cn2)c1. The summed E-state index contributed by atoms with van der Waals surface area (Å²) in [5.41, 5.74) is 1.20. The average molecular weight is 338 g/mol. The third kappa shape index (κ3) is 3.48. The molecule has 5 heterocycles. The fraction of sp³-hybridized carbons (Fsp3) is 0.600. The molecule has 3 saturated heterocycles. The molecule has 5 nitrogen and oxygen atoms in total. The van der Waals surface area contributed by atoms with Crippen molar-refractivity contribution in [3.8, 4) is 11.6 Å². The minimum atomic E-state index is 0.667. The van der Waals surface area contributed by atoms with E-state index in [0.717, 1.165) is 30.2 Å². The van der Waals surface area contributed by atoms with Crippen LogP contribution in [0, 0.1) is 11.8 Å². The van der Waals surface area contributed by atoms with Gasteiger partial charge in [-0.1, -0.05) is 0 Å². The highest BCUT2D eigenvalue weighted by molar-refractivity contribution is 5.45. The topological polar surface area (TPSA) is 45.4 Å². The second-order valence-electron chi connectivity index (χ2n) is 8.08. The van der Waals surface area contributed by atoms with Crippen LogP contribution in [0.1, 0.15) is 31.2 Å². The van der Waals surface area contributed by atoms with E-state index < -0.39 is 0 Å². The lowest BCUT2D eigenvalue weighted by Crippen LogP contribution is -2.44. The highest BCUT2D eigenvalue weighted by atomic mass is 16.3. The quantitative estimate of drug-likeness (QED) is 0.838. The Morgan fingerprint density at radius 2 is 1.92 bits per heavy atom. The number of rotatable bonds is 5. The van der Waals surface area contributed by atoms with Gasteiger partial charge in [0.2, 0.25) is 0 Å². The van der Waals surface area contributed by atoms with Gasteiger partial charge in [-0.3, -0.25) is 9.80 Å². The molecule has 132 valence electrons. The van der Waals surface area contributed by atoms with Crippen LogP contribution in [-0.4, -0.2) is 52.0 Å². The zero-order valence-corrected chi connectivity index (χ0v) is 14.7. The predicted molar refractivity (Wildman–Crippen MR) is 95.8 cm³/mol. The first-order chi connectivity index (χ1) is 12.3. The molecule has 0 aromatic carbocycles. The third-order valence-electron chi connectivity index (χ3n) is 5.95. The zero-order valence-electron chi connectivity index (χ0n) is 14.7. The van der Waals surface area contributed by atoms with Gasteiger partial charge in [-0.25, -0.2) is 9.97 Å². The highest BCUT2D eigenvalue weighted by Crippen LogP contribution is 2.35. The van der Waals surface area contributed by atoms with E-state index in [-0.39, 0.29) is 0 Å². The normalized spacial score (nSPS) is 27.5. The van der Waals surface area contributed by atoms with Crippen molar-refractivity contribution in [2.75, 3.05) is 26.2 Å². The molecule has 4 aliphatic rings. The molecular weight excluding hydrogens is 312 g/mol. The Bertz CT molecular complexity index is 695. The first-order valence-electron chi connectivity index (χ1n) is 9.65. The zero-order chi connectivity index (χ0) is 16.6. The summed E-state index contributed by atoms with van der Waals surface area (Å²) in [4.78, 5) is 14.4. The molecule has 6 rings (SSSR count). The van der Waals surface area contributed by atoms with Crippen LogP contribution in [0.25, 0.3) is 11.6 Å². The number of piperidine rings is 1. The number of fused-ring (bicyclic) bond motifs is 4. The lowest BCUT2D eigenvalue weighted by atomic mass is 9.95. The molecule has 0 radical (unpaired) electrons. The summed E-state index contributed by atoms with van der Waals surface area (Å²) in [6.45, 7) is 6.03. The van der Waals surface area contributed by atoms with Gasteiger partial charge in [0.15, 0.2) is 11.6 Å². The Balaban J connectivity index is 1.25. The highest BCUT2D eigenvalue weighted by Gasteiger charge is 2.37. The summed E-state index contributed by atoms with van der Waals surface area (Å²) in [5.74, 6) is 3.23. The van der Waals surface area contributed by atoms with E-state index in [1.54, 1.807) is 6.26 Å². The molecule has 2 atom stereocenters. The van der Waals surface area contributed by atoms with Gasteiger partial charge >= 0.3 is 0 Å². The number of nitrogens with zero attached hydrogens (tertiary/aromatic N) is 4. The molecule has 0 N–H and O–H groups in total. The fourth-order valence-corrected chi connectivity index (χ4v) is 4.49. The molecule has 2 aromatic heterocycles. The summed E-state index contributed by atoms with van der Waals surface area (Å²) in [6.07, 6.45) is 11.3. The fourth-order valence-electron chi connectivity index (χ4n) is 4.49. The summed E-state index contributed by atoms with van der Waals surface area (Å²) in [5, 5.41) is 0. The summed E-state index contributed by atoms with van der Waals surface area (Å²) in [6, 6.07) is 4.52. The van der Waals surface area contributed by atoms with E-state index in [9.17, 15) is 0 Å². The molecule has 0 amide bonds. The molecule has 2 aromatic rings. The Morgan fingerprint density at radius 3 is 2.68 bits per heavy atom. The lowest BCUT2D eigenvalue weighted by molar-refractivity contribution is 0.125. The molecule has 1 aliphatic carbocycles. The van der Waals surface area contributed by atoms with Gasteiger partial charge in [0, 0.05) is 56.7 Å². The van der Waals surface area contributed by atoms with E-state index in [2.05, 4.69) is 19.8 Å². The smallest absolute Gasteiger partial charge is 0.195 e. The van der Waals surface area contributed by atoms with Gasteiger partial charge in [0.25, 0.3) is 0 Å². The van der Waals surface area contributed by atoms with Crippen LogP contribution in [0.2, 0.25) is 0 Å². The van der Waals surface area contributed by atoms with Gasteiger partial charge in [-0.05, 0) is 49.7 Å². The van der Waals surface area contributed by atoms with Crippen LogP contribution >= 0.6 is 0 Å². The van der Waals surface area contributed by atoms with Crippen LogP contribution in [0.4, 0.5) is 0 Å². The van der Waals surface area contributed by atoms with E-state index in [0.29, 0.717) is 5.82 Å². The number of hydrogen-bond donors (Lipinski definition) is 0. The van der Waals surface area contributed by atoms with Crippen LogP contribution < -0.4 is 0 Å². The van der Waals surface area contributed by atoms with Gasteiger partial charge in [-0.2, -0.15) is 0 Å². The molecule has 1 saturated carbocycles. The minimum absolute atomic E-state index is 0.667. The van der Waals surface area contributed by atoms with Crippen molar-refractivity contribution >= 4 is 0 Å². The van der Waals surface area contributed by atoms with Gasteiger partial charge in [0.05, 0.1) is 6.26 Å². The number of furan rings is 1.